The number of hydrogen-bond donors (Lipinski definition) is 0. The van der Waals surface area contributed by atoms with Crippen LogP contribution in [0, 0.1) is 5.92 Å². The molecular weight excluding hydrogens is 366 g/mol. The van der Waals surface area contributed by atoms with E-state index in [9.17, 15) is 4.79 Å². The van der Waals surface area contributed by atoms with Crippen molar-refractivity contribution in [3.8, 4) is 11.5 Å². The van der Waals surface area contributed by atoms with Gasteiger partial charge in [-0.1, -0.05) is 25.4 Å². The molecule has 0 amide bonds. The van der Waals surface area contributed by atoms with Gasteiger partial charge in [0.15, 0.2) is 11.5 Å². The summed E-state index contributed by atoms with van der Waals surface area (Å²) in [5.41, 5.74) is 0.449. The van der Waals surface area contributed by atoms with Crippen molar-refractivity contribution in [3.05, 3.63) is 22.7 Å². The minimum absolute atomic E-state index is 0.0114. The number of carbonyl (C=O) groups is 1. The molecule has 0 saturated carbocycles. The molecule has 0 spiro atoms. The first-order chi connectivity index (χ1) is 12.7. The normalized spacial score (nSPS) is 15.7. The number of benzene rings is 1. The van der Waals surface area contributed by atoms with Gasteiger partial charge in [-0.05, 0) is 65.3 Å². The first-order valence-electron chi connectivity index (χ1n) is 9.67. The number of carbonyl (C=O) groups excluding carboxylic acids is 1. The van der Waals surface area contributed by atoms with Crippen LogP contribution in [-0.4, -0.2) is 42.9 Å². The van der Waals surface area contributed by atoms with Gasteiger partial charge in [0.2, 0.25) is 6.79 Å². The topological polar surface area (TPSA) is 48.0 Å². The second kappa shape index (κ2) is 9.16. The fourth-order valence-electron chi connectivity index (χ4n) is 3.44. The van der Waals surface area contributed by atoms with Crippen molar-refractivity contribution in [1.82, 2.24) is 4.90 Å². The second-order valence-electron chi connectivity index (χ2n) is 8.10. The highest BCUT2D eigenvalue weighted by molar-refractivity contribution is 6.31. The van der Waals surface area contributed by atoms with E-state index in [0.717, 1.165) is 18.5 Å². The molecule has 6 heteroatoms. The number of likely N-dealkylation sites (N-methyl/N-ethyl adjacent to an activating group) is 1. The van der Waals surface area contributed by atoms with E-state index in [1.54, 1.807) is 6.07 Å². The maximum atomic E-state index is 12.9. The number of ether oxygens (including phenoxy) is 3. The van der Waals surface area contributed by atoms with E-state index < -0.39 is 5.60 Å². The molecular formula is C21H32ClNO4. The molecule has 1 aliphatic heterocycles. The van der Waals surface area contributed by atoms with Crippen LogP contribution in [-0.2, 0) is 16.0 Å². The van der Waals surface area contributed by atoms with Gasteiger partial charge in [0.25, 0.3) is 0 Å². The summed E-state index contributed by atoms with van der Waals surface area (Å²) in [6.07, 6.45) is 2.35. The van der Waals surface area contributed by atoms with Crippen LogP contribution in [0.5, 0.6) is 11.5 Å². The zero-order valence-electron chi connectivity index (χ0n) is 17.3. The summed E-state index contributed by atoms with van der Waals surface area (Å²) in [6, 6.07) is 3.71. The van der Waals surface area contributed by atoms with E-state index in [-0.39, 0.29) is 24.7 Å². The molecule has 0 aliphatic carbocycles. The van der Waals surface area contributed by atoms with Crippen LogP contribution in [0.25, 0.3) is 0 Å². The predicted molar refractivity (Wildman–Crippen MR) is 108 cm³/mol. The fraction of sp³-hybridized carbons (Fsp3) is 0.667. The molecule has 1 aromatic rings. The van der Waals surface area contributed by atoms with E-state index in [2.05, 4.69) is 18.9 Å². The fourth-order valence-corrected chi connectivity index (χ4v) is 3.67. The van der Waals surface area contributed by atoms with E-state index >= 15 is 0 Å². The first kappa shape index (κ1) is 21.8. The lowest BCUT2D eigenvalue weighted by Gasteiger charge is -2.35. The lowest BCUT2D eigenvalue weighted by atomic mass is 9.89. The van der Waals surface area contributed by atoms with E-state index in [4.69, 9.17) is 25.8 Å². The average molecular weight is 398 g/mol. The second-order valence-corrected chi connectivity index (χ2v) is 8.50. The summed E-state index contributed by atoms with van der Waals surface area (Å²) >= 11 is 6.50. The summed E-state index contributed by atoms with van der Waals surface area (Å²) < 4.78 is 16.6. The average Bonchev–Trinajstić information content (AvgIpc) is 3.00. The van der Waals surface area contributed by atoms with Crippen molar-refractivity contribution in [2.24, 2.45) is 5.92 Å². The van der Waals surface area contributed by atoms with Crippen molar-refractivity contribution in [2.45, 2.75) is 65.5 Å². The van der Waals surface area contributed by atoms with Gasteiger partial charge in [-0.15, -0.1) is 0 Å². The molecule has 0 radical (unpaired) electrons. The number of halogens is 1. The third-order valence-electron chi connectivity index (χ3n) is 4.73. The number of rotatable bonds is 8. The molecule has 1 aliphatic rings. The number of nitrogens with zero attached hydrogens (tertiary/aromatic N) is 1. The van der Waals surface area contributed by atoms with E-state index in [0.29, 0.717) is 29.4 Å². The lowest BCUT2D eigenvalue weighted by molar-refractivity contribution is -0.162. The zero-order valence-corrected chi connectivity index (χ0v) is 18.1. The Morgan fingerprint density at radius 2 is 1.89 bits per heavy atom. The Hall–Kier alpha value is -1.46. The number of esters is 1. The molecule has 27 heavy (non-hydrogen) atoms. The van der Waals surface area contributed by atoms with Gasteiger partial charge in [-0.3, -0.25) is 4.79 Å². The number of fused-ring (bicyclic) bond motifs is 1. The van der Waals surface area contributed by atoms with Crippen molar-refractivity contribution in [1.29, 1.82) is 0 Å². The third kappa shape index (κ3) is 5.76. The van der Waals surface area contributed by atoms with Crippen molar-refractivity contribution >= 4 is 17.6 Å². The third-order valence-corrected chi connectivity index (χ3v) is 5.08. The maximum Gasteiger partial charge on any atom is 0.311 e. The van der Waals surface area contributed by atoms with Gasteiger partial charge < -0.3 is 19.1 Å². The minimum Gasteiger partial charge on any atom is -0.460 e. The Bertz CT molecular complexity index is 656. The summed E-state index contributed by atoms with van der Waals surface area (Å²) in [6.45, 7) is 11.0. The molecule has 1 heterocycles. The standard InChI is InChI=1S/C21H32ClNO4/c1-7-9-23(6)17(15(8-2)20(24)27-21(3,4)5)10-14-11-18-19(12-16(14)22)26-13-25-18/h11-12,15,17H,7-10,13H2,1-6H3/t15-,17-/m1/s1. The van der Waals surface area contributed by atoms with Gasteiger partial charge >= 0.3 is 5.97 Å². The van der Waals surface area contributed by atoms with Crippen molar-refractivity contribution in [3.63, 3.8) is 0 Å². The zero-order chi connectivity index (χ0) is 20.2. The summed E-state index contributed by atoms with van der Waals surface area (Å²) in [7, 11) is 2.06. The van der Waals surface area contributed by atoms with Crippen LogP contribution in [0.4, 0.5) is 0 Å². The van der Waals surface area contributed by atoms with Gasteiger partial charge in [0.1, 0.15) is 5.60 Å². The summed E-state index contributed by atoms with van der Waals surface area (Å²) in [5, 5.41) is 0.633. The van der Waals surface area contributed by atoms with Crippen LogP contribution in [0.15, 0.2) is 12.1 Å². The molecule has 0 saturated heterocycles. The van der Waals surface area contributed by atoms with Crippen LogP contribution in [0.3, 0.4) is 0 Å². The molecule has 5 nitrogen and oxygen atoms in total. The Morgan fingerprint density at radius 3 is 2.44 bits per heavy atom. The smallest absolute Gasteiger partial charge is 0.311 e. The highest BCUT2D eigenvalue weighted by atomic mass is 35.5. The number of hydrogen-bond acceptors (Lipinski definition) is 5. The van der Waals surface area contributed by atoms with Crippen LogP contribution < -0.4 is 9.47 Å². The summed E-state index contributed by atoms with van der Waals surface area (Å²) in [4.78, 5) is 15.1. The van der Waals surface area contributed by atoms with Crippen LogP contribution in [0.1, 0.15) is 53.0 Å². The molecule has 1 aromatic carbocycles. The molecule has 2 atom stereocenters. The lowest BCUT2D eigenvalue weighted by Crippen LogP contribution is -2.45. The molecule has 0 aromatic heterocycles. The largest absolute Gasteiger partial charge is 0.460 e. The predicted octanol–water partition coefficient (Wildman–Crippen LogP) is 4.69. The van der Waals surface area contributed by atoms with Crippen molar-refractivity contribution < 1.29 is 19.0 Å². The highest BCUT2D eigenvalue weighted by Gasteiger charge is 2.34. The maximum absolute atomic E-state index is 12.9. The van der Waals surface area contributed by atoms with Crippen molar-refractivity contribution in [2.75, 3.05) is 20.4 Å². The molecule has 152 valence electrons. The van der Waals surface area contributed by atoms with Gasteiger partial charge in [0.05, 0.1) is 5.92 Å². The quantitative estimate of drug-likeness (QED) is 0.595. The Kier molecular flexibility index (Phi) is 7.40. The molecule has 0 N–H and O–H groups in total. The molecule has 0 unspecified atom stereocenters. The highest BCUT2D eigenvalue weighted by Crippen LogP contribution is 2.38. The SMILES string of the molecule is CCCN(C)[C@H](Cc1cc2c(cc1Cl)OCO2)[C@@H](CC)C(=O)OC(C)(C)C. The molecule has 0 bridgehead atoms. The van der Waals surface area contributed by atoms with Crippen LogP contribution >= 0.6 is 11.6 Å². The Balaban J connectivity index is 2.29. The summed E-state index contributed by atoms with van der Waals surface area (Å²) in [5.74, 6) is 0.982. The first-order valence-corrected chi connectivity index (χ1v) is 10.0. The Labute approximate surface area is 167 Å². The molecule has 2 rings (SSSR count). The molecule has 0 fully saturated rings. The monoisotopic (exact) mass is 397 g/mol. The van der Waals surface area contributed by atoms with Crippen LogP contribution in [0.2, 0.25) is 5.02 Å². The van der Waals surface area contributed by atoms with E-state index in [1.807, 2.05) is 33.8 Å². The Morgan fingerprint density at radius 1 is 1.26 bits per heavy atom. The van der Waals surface area contributed by atoms with E-state index in [1.165, 1.54) is 0 Å². The van der Waals surface area contributed by atoms with Gasteiger partial charge in [-0.2, -0.15) is 0 Å². The minimum atomic E-state index is -0.505. The van der Waals surface area contributed by atoms with Gasteiger partial charge in [-0.25, -0.2) is 0 Å². The van der Waals surface area contributed by atoms with Gasteiger partial charge in [0, 0.05) is 17.1 Å².